The largest absolute Gasteiger partial charge is 0.463 e. The Morgan fingerprint density at radius 3 is 2.69 bits per heavy atom. The maximum atomic E-state index is 14.7. The van der Waals surface area contributed by atoms with E-state index in [1.54, 1.807) is 13.0 Å². The van der Waals surface area contributed by atoms with E-state index in [0.29, 0.717) is 16.9 Å². The Morgan fingerprint density at radius 1 is 1.17 bits per heavy atom. The minimum absolute atomic E-state index is 0.0247. The van der Waals surface area contributed by atoms with Gasteiger partial charge in [-0.05, 0) is 31.5 Å². The van der Waals surface area contributed by atoms with Gasteiger partial charge in [0.05, 0.1) is 17.3 Å². The molecule has 2 aromatic heterocycles. The van der Waals surface area contributed by atoms with Crippen molar-refractivity contribution in [2.45, 2.75) is 33.1 Å². The van der Waals surface area contributed by atoms with Crippen molar-refractivity contribution in [2.24, 2.45) is 7.05 Å². The third-order valence-corrected chi connectivity index (χ3v) is 5.39. The molecular weight excluding hydrogens is 481 g/mol. The Balaban J connectivity index is 1.86. The topological polar surface area (TPSA) is 102 Å². The SMILES string of the molecule is CCCCCOC(=O)COc1ncccc1Oc1cc(-n2c(=O)cc(C)n(C)c2=O)c(F)cc1Cl. The van der Waals surface area contributed by atoms with Crippen LogP contribution in [0.25, 0.3) is 5.69 Å². The van der Waals surface area contributed by atoms with Crippen molar-refractivity contribution in [3.8, 4) is 23.1 Å². The molecule has 1 aromatic carbocycles. The molecule has 0 bridgehead atoms. The second-order valence-electron chi connectivity index (χ2n) is 7.66. The monoisotopic (exact) mass is 505 g/mol. The van der Waals surface area contributed by atoms with Gasteiger partial charge in [-0.15, -0.1) is 0 Å². The Hall–Kier alpha value is -3.66. The molecule has 0 amide bonds. The summed E-state index contributed by atoms with van der Waals surface area (Å²) in [5.74, 6) is -1.45. The van der Waals surface area contributed by atoms with Gasteiger partial charge < -0.3 is 18.8 Å². The normalized spacial score (nSPS) is 10.8. The molecule has 2 heterocycles. The summed E-state index contributed by atoms with van der Waals surface area (Å²) in [7, 11) is 1.47. The van der Waals surface area contributed by atoms with Crippen molar-refractivity contribution in [1.82, 2.24) is 14.1 Å². The van der Waals surface area contributed by atoms with Gasteiger partial charge in [-0.2, -0.15) is 0 Å². The standard InChI is InChI=1S/C24H25ClFN3O6/c1-4-5-6-10-33-22(31)14-34-23-19(8-7-9-27-23)35-20-13-18(17(26)12-16(20)25)29-21(30)11-15(2)28(3)24(29)32/h7-9,11-13H,4-6,10,14H2,1-3H3. The highest BCUT2D eigenvalue weighted by Gasteiger charge is 2.18. The van der Waals surface area contributed by atoms with Crippen LogP contribution in [-0.4, -0.2) is 33.3 Å². The van der Waals surface area contributed by atoms with Crippen LogP contribution < -0.4 is 20.7 Å². The number of ether oxygens (including phenoxy) is 3. The first-order valence-electron chi connectivity index (χ1n) is 10.9. The number of esters is 1. The lowest BCUT2D eigenvalue weighted by Gasteiger charge is -2.15. The van der Waals surface area contributed by atoms with Crippen molar-refractivity contribution in [3.05, 3.63) is 73.9 Å². The van der Waals surface area contributed by atoms with Crippen LogP contribution in [0.1, 0.15) is 31.9 Å². The molecule has 0 aliphatic carbocycles. The molecule has 0 unspecified atom stereocenters. The second kappa shape index (κ2) is 11.7. The van der Waals surface area contributed by atoms with Crippen molar-refractivity contribution in [1.29, 1.82) is 0 Å². The first kappa shape index (κ1) is 26.0. The number of carbonyl (C=O) groups excluding carboxylic acids is 1. The van der Waals surface area contributed by atoms with Crippen molar-refractivity contribution < 1.29 is 23.4 Å². The van der Waals surface area contributed by atoms with Gasteiger partial charge in [0, 0.05) is 31.1 Å². The van der Waals surface area contributed by atoms with Gasteiger partial charge >= 0.3 is 11.7 Å². The Kier molecular flexibility index (Phi) is 8.64. The molecule has 0 aliphatic rings. The van der Waals surface area contributed by atoms with Crippen LogP contribution in [-0.2, 0) is 16.6 Å². The molecule has 0 atom stereocenters. The summed E-state index contributed by atoms with van der Waals surface area (Å²) in [6, 6.07) is 6.34. The molecule has 0 radical (unpaired) electrons. The predicted molar refractivity (Wildman–Crippen MR) is 127 cm³/mol. The van der Waals surface area contributed by atoms with E-state index in [2.05, 4.69) is 4.98 Å². The van der Waals surface area contributed by atoms with Crippen molar-refractivity contribution in [2.75, 3.05) is 13.2 Å². The van der Waals surface area contributed by atoms with Gasteiger partial charge in [0.15, 0.2) is 12.4 Å². The Bertz CT molecular complexity index is 1340. The first-order valence-corrected chi connectivity index (χ1v) is 11.3. The third kappa shape index (κ3) is 6.27. The number of nitrogens with zero attached hydrogens (tertiary/aromatic N) is 3. The molecule has 0 aliphatic heterocycles. The molecule has 0 fully saturated rings. The van der Waals surface area contributed by atoms with Crippen LogP contribution in [0, 0.1) is 12.7 Å². The lowest BCUT2D eigenvalue weighted by Crippen LogP contribution is -2.38. The van der Waals surface area contributed by atoms with E-state index < -0.39 is 29.6 Å². The smallest absolute Gasteiger partial charge is 0.344 e. The molecule has 0 spiro atoms. The van der Waals surface area contributed by atoms with Gasteiger partial charge in [-0.1, -0.05) is 31.4 Å². The van der Waals surface area contributed by atoms with Gasteiger partial charge in [-0.3, -0.25) is 4.79 Å². The lowest BCUT2D eigenvalue weighted by molar-refractivity contribution is -0.146. The second-order valence-corrected chi connectivity index (χ2v) is 8.07. The molecular formula is C24H25ClFN3O6. The molecule has 11 heteroatoms. The van der Waals surface area contributed by atoms with Crippen LogP contribution in [0.3, 0.4) is 0 Å². The minimum Gasteiger partial charge on any atom is -0.463 e. The van der Waals surface area contributed by atoms with Gasteiger partial charge in [0.25, 0.3) is 11.4 Å². The molecule has 0 saturated heterocycles. The molecule has 3 aromatic rings. The number of aryl methyl sites for hydroxylation is 1. The minimum atomic E-state index is -0.890. The van der Waals surface area contributed by atoms with E-state index in [-0.39, 0.29) is 28.1 Å². The highest BCUT2D eigenvalue weighted by Crippen LogP contribution is 2.35. The third-order valence-electron chi connectivity index (χ3n) is 5.10. The summed E-state index contributed by atoms with van der Waals surface area (Å²) >= 11 is 6.17. The summed E-state index contributed by atoms with van der Waals surface area (Å²) in [6.07, 6.45) is 4.15. The number of benzene rings is 1. The van der Waals surface area contributed by atoms with E-state index in [1.165, 1.54) is 29.9 Å². The zero-order valence-corrected chi connectivity index (χ0v) is 20.3. The highest BCUT2D eigenvalue weighted by molar-refractivity contribution is 6.32. The van der Waals surface area contributed by atoms with E-state index in [4.69, 9.17) is 25.8 Å². The van der Waals surface area contributed by atoms with Gasteiger partial charge in [0.1, 0.15) is 11.6 Å². The average Bonchev–Trinajstić information content (AvgIpc) is 2.82. The zero-order valence-electron chi connectivity index (χ0n) is 19.5. The zero-order chi connectivity index (χ0) is 25.5. The molecule has 3 rings (SSSR count). The van der Waals surface area contributed by atoms with Crippen LogP contribution in [0.15, 0.2) is 46.1 Å². The van der Waals surface area contributed by atoms with Crippen molar-refractivity contribution >= 4 is 17.6 Å². The number of pyridine rings is 1. The summed E-state index contributed by atoms with van der Waals surface area (Å²) in [5, 5.41) is -0.117. The molecule has 0 saturated carbocycles. The summed E-state index contributed by atoms with van der Waals surface area (Å²) in [6.45, 7) is 3.54. The quantitative estimate of drug-likeness (QED) is 0.304. The lowest BCUT2D eigenvalue weighted by atomic mass is 10.2. The fraction of sp³-hybridized carbons (Fsp3) is 0.333. The molecule has 9 nitrogen and oxygen atoms in total. The molecule has 35 heavy (non-hydrogen) atoms. The molecule has 186 valence electrons. The van der Waals surface area contributed by atoms with Gasteiger partial charge in [0.2, 0.25) is 0 Å². The summed E-state index contributed by atoms with van der Waals surface area (Å²) < 4.78 is 33.0. The predicted octanol–water partition coefficient (Wildman–Crippen LogP) is 3.94. The van der Waals surface area contributed by atoms with E-state index in [9.17, 15) is 18.8 Å². The average molecular weight is 506 g/mol. The summed E-state index contributed by atoms with van der Waals surface area (Å²) in [4.78, 5) is 41.1. The van der Waals surface area contributed by atoms with E-state index in [0.717, 1.165) is 31.4 Å². The maximum Gasteiger partial charge on any atom is 0.344 e. The Morgan fingerprint density at radius 2 is 1.94 bits per heavy atom. The van der Waals surface area contributed by atoms with Gasteiger partial charge in [-0.25, -0.2) is 23.5 Å². The number of unbranched alkanes of at least 4 members (excludes halogenated alkanes) is 2. The van der Waals surface area contributed by atoms with Crippen LogP contribution >= 0.6 is 11.6 Å². The number of hydrogen-bond acceptors (Lipinski definition) is 7. The van der Waals surface area contributed by atoms with E-state index >= 15 is 0 Å². The fourth-order valence-corrected chi connectivity index (χ4v) is 3.30. The number of halogens is 2. The van der Waals surface area contributed by atoms with Crippen molar-refractivity contribution in [3.63, 3.8) is 0 Å². The summed E-state index contributed by atoms with van der Waals surface area (Å²) in [5.41, 5.74) is -1.36. The maximum absolute atomic E-state index is 14.7. The number of hydrogen-bond donors (Lipinski definition) is 0. The van der Waals surface area contributed by atoms with E-state index in [1.807, 2.05) is 6.92 Å². The number of rotatable bonds is 10. The number of carbonyl (C=O) groups is 1. The van der Waals surface area contributed by atoms with Crippen LogP contribution in [0.4, 0.5) is 4.39 Å². The highest BCUT2D eigenvalue weighted by atomic mass is 35.5. The van der Waals surface area contributed by atoms with Crippen LogP contribution in [0.2, 0.25) is 5.02 Å². The van der Waals surface area contributed by atoms with Crippen LogP contribution in [0.5, 0.6) is 17.4 Å². The first-order chi connectivity index (χ1) is 16.7. The number of aromatic nitrogens is 3. The Labute approximate surface area is 205 Å². The fourth-order valence-electron chi connectivity index (χ4n) is 3.11. The molecule has 0 N–H and O–H groups in total.